The Kier molecular flexibility index (Phi) is 6.07. The Morgan fingerprint density at radius 2 is 1.83 bits per heavy atom. The third-order valence-corrected chi connectivity index (χ3v) is 6.11. The summed E-state index contributed by atoms with van der Waals surface area (Å²) in [5, 5.41) is 3.04. The van der Waals surface area contributed by atoms with E-state index in [9.17, 15) is 13.2 Å². The predicted molar refractivity (Wildman–Crippen MR) is 112 cm³/mol. The van der Waals surface area contributed by atoms with Crippen LogP contribution in [0.25, 0.3) is 0 Å². The standard InChI is InChI=1S/C19H16Cl2N2O5S/c1-11-14(7-8-28-11)19(24)22-12-3-6-18(27-2)17(9-12)23-29(25,26)13-4-5-15(20)16(21)10-13/h3-10,23H,1-2H3,(H,22,24). The molecule has 0 atom stereocenters. The SMILES string of the molecule is COc1ccc(NC(=O)c2ccoc2C)cc1NS(=O)(=O)c1ccc(Cl)c(Cl)c1. The van der Waals surface area contributed by atoms with Gasteiger partial charge in [0.25, 0.3) is 15.9 Å². The van der Waals surface area contributed by atoms with Crippen molar-refractivity contribution in [2.24, 2.45) is 0 Å². The summed E-state index contributed by atoms with van der Waals surface area (Å²) in [7, 11) is -2.58. The number of benzene rings is 2. The molecule has 29 heavy (non-hydrogen) atoms. The Morgan fingerprint density at radius 3 is 2.45 bits per heavy atom. The summed E-state index contributed by atoms with van der Waals surface area (Å²) < 4.78 is 38.2. The zero-order chi connectivity index (χ0) is 21.2. The van der Waals surface area contributed by atoms with E-state index in [0.29, 0.717) is 17.0 Å². The summed E-state index contributed by atoms with van der Waals surface area (Å²) in [4.78, 5) is 12.3. The van der Waals surface area contributed by atoms with Gasteiger partial charge in [0.15, 0.2) is 0 Å². The van der Waals surface area contributed by atoms with E-state index in [-0.39, 0.29) is 32.3 Å². The number of aryl methyl sites for hydroxylation is 1. The Hall–Kier alpha value is -2.68. The molecule has 3 rings (SSSR count). The van der Waals surface area contributed by atoms with E-state index in [1.807, 2.05) is 0 Å². The number of rotatable bonds is 6. The fourth-order valence-electron chi connectivity index (χ4n) is 2.53. The third kappa shape index (κ3) is 4.67. The highest BCUT2D eigenvalue weighted by atomic mass is 35.5. The summed E-state index contributed by atoms with van der Waals surface area (Å²) in [6.45, 7) is 1.67. The maximum atomic E-state index is 12.7. The van der Waals surface area contributed by atoms with Crippen LogP contribution < -0.4 is 14.8 Å². The number of furan rings is 1. The van der Waals surface area contributed by atoms with Crippen LogP contribution >= 0.6 is 23.2 Å². The Bertz CT molecular complexity index is 1180. The van der Waals surface area contributed by atoms with E-state index in [0.717, 1.165) is 0 Å². The number of amides is 1. The van der Waals surface area contributed by atoms with Gasteiger partial charge in [-0.15, -0.1) is 0 Å². The predicted octanol–water partition coefficient (Wildman–Crippen LogP) is 4.96. The van der Waals surface area contributed by atoms with Crippen LogP contribution in [0.5, 0.6) is 5.75 Å². The molecular formula is C19H16Cl2N2O5S. The first-order valence-electron chi connectivity index (χ1n) is 8.22. The van der Waals surface area contributed by atoms with Gasteiger partial charge in [-0.3, -0.25) is 9.52 Å². The first-order valence-corrected chi connectivity index (χ1v) is 10.5. The summed E-state index contributed by atoms with van der Waals surface area (Å²) in [5.41, 5.74) is 0.877. The fourth-order valence-corrected chi connectivity index (χ4v) is 3.98. The highest BCUT2D eigenvalue weighted by Crippen LogP contribution is 2.31. The summed E-state index contributed by atoms with van der Waals surface area (Å²) in [6, 6.07) is 10.1. The molecule has 1 heterocycles. The molecule has 0 fully saturated rings. The Morgan fingerprint density at radius 1 is 1.07 bits per heavy atom. The summed E-state index contributed by atoms with van der Waals surface area (Å²) >= 11 is 11.8. The van der Waals surface area contributed by atoms with Crippen LogP contribution in [0.15, 0.2) is 58.0 Å². The van der Waals surface area contributed by atoms with Crippen molar-refractivity contribution in [3.05, 3.63) is 70.1 Å². The number of carbonyl (C=O) groups is 1. The van der Waals surface area contributed by atoms with E-state index in [2.05, 4.69) is 10.0 Å². The molecule has 0 saturated carbocycles. The second-order valence-electron chi connectivity index (χ2n) is 5.94. The van der Waals surface area contributed by atoms with Gasteiger partial charge in [0.2, 0.25) is 0 Å². The van der Waals surface area contributed by atoms with Gasteiger partial charge in [0.1, 0.15) is 11.5 Å². The summed E-state index contributed by atoms with van der Waals surface area (Å²) in [6.07, 6.45) is 1.41. The second kappa shape index (κ2) is 8.36. The topological polar surface area (TPSA) is 97.6 Å². The minimum absolute atomic E-state index is 0.0718. The van der Waals surface area contributed by atoms with Crippen molar-refractivity contribution in [2.45, 2.75) is 11.8 Å². The van der Waals surface area contributed by atoms with Crippen LogP contribution in [0.1, 0.15) is 16.1 Å². The number of sulfonamides is 1. The molecule has 152 valence electrons. The minimum Gasteiger partial charge on any atom is -0.495 e. The number of hydrogen-bond donors (Lipinski definition) is 2. The zero-order valence-electron chi connectivity index (χ0n) is 15.3. The number of carbonyl (C=O) groups excluding carboxylic acids is 1. The Labute approximate surface area is 177 Å². The molecule has 2 N–H and O–H groups in total. The molecule has 0 aliphatic heterocycles. The molecule has 3 aromatic rings. The van der Waals surface area contributed by atoms with E-state index in [1.54, 1.807) is 19.1 Å². The zero-order valence-corrected chi connectivity index (χ0v) is 17.7. The lowest BCUT2D eigenvalue weighted by Crippen LogP contribution is -2.15. The van der Waals surface area contributed by atoms with E-state index < -0.39 is 10.0 Å². The van der Waals surface area contributed by atoms with E-state index in [1.165, 1.54) is 43.7 Å². The van der Waals surface area contributed by atoms with Crippen LogP contribution in [-0.4, -0.2) is 21.4 Å². The van der Waals surface area contributed by atoms with Gasteiger partial charge in [0, 0.05) is 5.69 Å². The molecule has 7 nitrogen and oxygen atoms in total. The maximum absolute atomic E-state index is 12.7. The molecular weight excluding hydrogens is 439 g/mol. The molecule has 0 radical (unpaired) electrons. The maximum Gasteiger partial charge on any atom is 0.262 e. The van der Waals surface area contributed by atoms with E-state index in [4.69, 9.17) is 32.4 Å². The first kappa shape index (κ1) is 21.0. The molecule has 2 aromatic carbocycles. The second-order valence-corrected chi connectivity index (χ2v) is 8.44. The number of ether oxygens (including phenoxy) is 1. The normalized spacial score (nSPS) is 11.2. The number of hydrogen-bond acceptors (Lipinski definition) is 5. The number of anilines is 2. The first-order chi connectivity index (χ1) is 13.7. The van der Waals surface area contributed by atoms with Crippen molar-refractivity contribution in [1.82, 2.24) is 0 Å². The highest BCUT2D eigenvalue weighted by molar-refractivity contribution is 7.92. The average molecular weight is 455 g/mol. The molecule has 10 heteroatoms. The fraction of sp³-hybridized carbons (Fsp3) is 0.105. The number of nitrogens with one attached hydrogen (secondary N) is 2. The van der Waals surface area contributed by atoms with Crippen LogP contribution in [0, 0.1) is 6.92 Å². The smallest absolute Gasteiger partial charge is 0.262 e. The monoisotopic (exact) mass is 454 g/mol. The van der Waals surface area contributed by atoms with Crippen LogP contribution in [-0.2, 0) is 10.0 Å². The lowest BCUT2D eigenvalue weighted by molar-refractivity contribution is 0.102. The van der Waals surface area contributed by atoms with Crippen LogP contribution in [0.4, 0.5) is 11.4 Å². The van der Waals surface area contributed by atoms with Crippen molar-refractivity contribution >= 4 is 50.5 Å². The Balaban J connectivity index is 1.90. The average Bonchev–Trinajstić information content (AvgIpc) is 3.10. The van der Waals surface area contributed by atoms with Gasteiger partial charge in [-0.05, 0) is 49.4 Å². The van der Waals surface area contributed by atoms with Crippen molar-refractivity contribution in [1.29, 1.82) is 0 Å². The molecule has 0 unspecified atom stereocenters. The van der Waals surface area contributed by atoms with Crippen LogP contribution in [0.2, 0.25) is 10.0 Å². The number of halogens is 2. The van der Waals surface area contributed by atoms with Crippen LogP contribution in [0.3, 0.4) is 0 Å². The van der Waals surface area contributed by atoms with Gasteiger partial charge in [-0.25, -0.2) is 8.42 Å². The van der Waals surface area contributed by atoms with Gasteiger partial charge < -0.3 is 14.5 Å². The quantitative estimate of drug-likeness (QED) is 0.548. The van der Waals surface area contributed by atoms with Crippen molar-refractivity contribution in [3.63, 3.8) is 0 Å². The largest absolute Gasteiger partial charge is 0.495 e. The lowest BCUT2D eigenvalue weighted by Gasteiger charge is -2.14. The highest BCUT2D eigenvalue weighted by Gasteiger charge is 2.19. The molecule has 0 spiro atoms. The van der Waals surface area contributed by atoms with Crippen molar-refractivity contribution < 1.29 is 22.4 Å². The van der Waals surface area contributed by atoms with Crippen molar-refractivity contribution in [3.8, 4) is 5.75 Å². The minimum atomic E-state index is -3.98. The molecule has 1 aromatic heterocycles. The lowest BCUT2D eigenvalue weighted by atomic mass is 10.2. The molecule has 0 bridgehead atoms. The molecule has 0 aliphatic rings. The van der Waals surface area contributed by atoms with Gasteiger partial charge >= 0.3 is 0 Å². The summed E-state index contributed by atoms with van der Waals surface area (Å²) in [5.74, 6) is 0.349. The van der Waals surface area contributed by atoms with Gasteiger partial charge in [-0.1, -0.05) is 23.2 Å². The molecule has 0 aliphatic carbocycles. The van der Waals surface area contributed by atoms with Gasteiger partial charge in [-0.2, -0.15) is 0 Å². The van der Waals surface area contributed by atoms with Gasteiger partial charge in [0.05, 0.1) is 39.6 Å². The molecule has 0 saturated heterocycles. The molecule has 1 amide bonds. The number of methoxy groups -OCH3 is 1. The van der Waals surface area contributed by atoms with Crippen molar-refractivity contribution in [2.75, 3.05) is 17.1 Å². The van der Waals surface area contributed by atoms with E-state index >= 15 is 0 Å². The third-order valence-electron chi connectivity index (χ3n) is 4.01.